The van der Waals surface area contributed by atoms with Crippen molar-refractivity contribution >= 4 is 5.97 Å². The van der Waals surface area contributed by atoms with Gasteiger partial charge in [-0.25, -0.2) is 9.78 Å². The van der Waals surface area contributed by atoms with Crippen molar-refractivity contribution in [3.05, 3.63) is 21.9 Å². The lowest BCUT2D eigenvalue weighted by Gasteiger charge is -2.28. The molecule has 0 unspecified atom stereocenters. The fourth-order valence-electron chi connectivity index (χ4n) is 2.66. The van der Waals surface area contributed by atoms with Crippen molar-refractivity contribution in [3.8, 4) is 5.75 Å². The highest BCUT2D eigenvalue weighted by Crippen LogP contribution is 2.40. The molecule has 1 aromatic rings. The number of carbonyl (C=O) groups excluding carboxylic acids is 1. The van der Waals surface area contributed by atoms with E-state index in [1.807, 2.05) is 0 Å². The average molecular weight is 312 g/mol. The van der Waals surface area contributed by atoms with Crippen molar-refractivity contribution < 1.29 is 24.5 Å². The fourth-order valence-corrected chi connectivity index (χ4v) is 2.66. The molecule has 22 heavy (non-hydrogen) atoms. The van der Waals surface area contributed by atoms with Gasteiger partial charge in [-0.2, -0.15) is 0 Å². The molecular formula is C14H20N2O6. The lowest BCUT2D eigenvalue weighted by atomic mass is 10.0. The van der Waals surface area contributed by atoms with Gasteiger partial charge in [0.05, 0.1) is 19.8 Å². The van der Waals surface area contributed by atoms with Crippen LogP contribution in [0.5, 0.6) is 5.75 Å². The Bertz CT molecular complexity index is 591. The molecule has 3 N–H and O–H groups in total. The van der Waals surface area contributed by atoms with Gasteiger partial charge in [0.1, 0.15) is 11.4 Å². The van der Waals surface area contributed by atoms with Gasteiger partial charge < -0.3 is 24.7 Å². The largest absolute Gasteiger partial charge is 0.501 e. The van der Waals surface area contributed by atoms with E-state index in [9.17, 15) is 14.7 Å². The molecule has 1 aromatic heterocycles. The summed E-state index contributed by atoms with van der Waals surface area (Å²) in [5, 5.41) is 18.7. The molecule has 0 aliphatic heterocycles. The van der Waals surface area contributed by atoms with E-state index >= 15 is 0 Å². The van der Waals surface area contributed by atoms with E-state index in [1.165, 1.54) is 0 Å². The van der Waals surface area contributed by atoms with Crippen LogP contribution in [0.3, 0.4) is 0 Å². The lowest BCUT2D eigenvalue weighted by molar-refractivity contribution is -0.0648. The number of aliphatic hydroxyl groups excluding tert-OH is 1. The number of esters is 1. The Hall–Kier alpha value is -1.93. The van der Waals surface area contributed by atoms with Crippen LogP contribution < -0.4 is 5.56 Å². The number of ether oxygens (including phenoxy) is 2. The van der Waals surface area contributed by atoms with Gasteiger partial charge in [0.25, 0.3) is 5.56 Å². The number of rotatable bonds is 6. The van der Waals surface area contributed by atoms with Crippen LogP contribution in [0.1, 0.15) is 48.9 Å². The molecule has 8 heteroatoms. The molecule has 1 aliphatic rings. The zero-order chi connectivity index (χ0) is 16.2. The number of hydrogen-bond donors (Lipinski definition) is 3. The first kappa shape index (κ1) is 16.4. The number of aliphatic hydroxyl groups is 1. The van der Waals surface area contributed by atoms with E-state index in [1.54, 1.807) is 6.92 Å². The van der Waals surface area contributed by atoms with Gasteiger partial charge >= 0.3 is 5.97 Å². The SMILES string of the molecule is CCOC(=O)c1nc(C2(OCCO)CCCC2)[nH]c(=O)c1O. The highest BCUT2D eigenvalue weighted by molar-refractivity contribution is 5.89. The number of nitrogens with zero attached hydrogens (tertiary/aromatic N) is 1. The maximum absolute atomic E-state index is 11.9. The van der Waals surface area contributed by atoms with Gasteiger partial charge in [-0.05, 0) is 32.6 Å². The third kappa shape index (κ3) is 3.12. The lowest BCUT2D eigenvalue weighted by Crippen LogP contribution is -2.33. The third-order valence-corrected chi connectivity index (χ3v) is 3.68. The summed E-state index contributed by atoms with van der Waals surface area (Å²) in [6.45, 7) is 1.66. The molecule has 0 amide bonds. The van der Waals surface area contributed by atoms with Crippen molar-refractivity contribution in [1.82, 2.24) is 9.97 Å². The molecule has 0 bridgehead atoms. The summed E-state index contributed by atoms with van der Waals surface area (Å²) < 4.78 is 10.5. The number of aromatic nitrogens is 2. The summed E-state index contributed by atoms with van der Waals surface area (Å²) in [6.07, 6.45) is 2.99. The van der Waals surface area contributed by atoms with Crippen LogP contribution in [0.4, 0.5) is 0 Å². The minimum absolute atomic E-state index is 0.0966. The van der Waals surface area contributed by atoms with E-state index in [2.05, 4.69) is 9.97 Å². The van der Waals surface area contributed by atoms with Crippen LogP contribution in [0.2, 0.25) is 0 Å². The summed E-state index contributed by atoms with van der Waals surface area (Å²) in [5.74, 6) is -1.44. The van der Waals surface area contributed by atoms with E-state index in [0.29, 0.717) is 12.8 Å². The minimum Gasteiger partial charge on any atom is -0.501 e. The van der Waals surface area contributed by atoms with Gasteiger partial charge in [0, 0.05) is 0 Å². The van der Waals surface area contributed by atoms with E-state index < -0.39 is 28.6 Å². The second kappa shape index (κ2) is 6.89. The van der Waals surface area contributed by atoms with Crippen LogP contribution in [0, 0.1) is 0 Å². The zero-order valence-corrected chi connectivity index (χ0v) is 12.4. The molecular weight excluding hydrogens is 292 g/mol. The van der Waals surface area contributed by atoms with E-state index in [4.69, 9.17) is 14.6 Å². The van der Waals surface area contributed by atoms with Crippen LogP contribution in [0.15, 0.2) is 4.79 Å². The van der Waals surface area contributed by atoms with Gasteiger partial charge in [-0.1, -0.05) is 0 Å². The smallest absolute Gasteiger partial charge is 0.361 e. The number of aromatic amines is 1. The summed E-state index contributed by atoms with van der Waals surface area (Å²) >= 11 is 0. The summed E-state index contributed by atoms with van der Waals surface area (Å²) in [5.41, 5.74) is -2.08. The quantitative estimate of drug-likeness (QED) is 0.651. The Morgan fingerprint density at radius 1 is 1.41 bits per heavy atom. The fraction of sp³-hybridized carbons (Fsp3) is 0.643. The first-order valence-corrected chi connectivity index (χ1v) is 7.30. The van der Waals surface area contributed by atoms with Crippen molar-refractivity contribution in [3.63, 3.8) is 0 Å². The zero-order valence-electron chi connectivity index (χ0n) is 12.4. The van der Waals surface area contributed by atoms with Crippen LogP contribution >= 0.6 is 0 Å². The van der Waals surface area contributed by atoms with E-state index in [0.717, 1.165) is 12.8 Å². The van der Waals surface area contributed by atoms with Crippen LogP contribution in [0.25, 0.3) is 0 Å². The third-order valence-electron chi connectivity index (χ3n) is 3.68. The topological polar surface area (TPSA) is 122 Å². The Morgan fingerprint density at radius 3 is 2.68 bits per heavy atom. The van der Waals surface area contributed by atoms with Gasteiger partial charge in [-0.3, -0.25) is 4.79 Å². The molecule has 1 aliphatic carbocycles. The molecule has 8 nitrogen and oxygen atoms in total. The number of carbonyl (C=O) groups is 1. The Labute approximate surface area is 127 Å². The molecule has 1 fully saturated rings. The molecule has 0 spiro atoms. The molecule has 0 atom stereocenters. The molecule has 1 saturated carbocycles. The predicted molar refractivity (Wildman–Crippen MR) is 75.7 cm³/mol. The Kier molecular flexibility index (Phi) is 5.15. The first-order valence-electron chi connectivity index (χ1n) is 7.30. The second-order valence-electron chi connectivity index (χ2n) is 5.11. The average Bonchev–Trinajstić information content (AvgIpc) is 2.98. The number of H-pyrrole nitrogens is 1. The molecule has 0 aromatic carbocycles. The monoisotopic (exact) mass is 312 g/mol. The van der Waals surface area contributed by atoms with Crippen molar-refractivity contribution in [2.45, 2.75) is 38.2 Å². The predicted octanol–water partition coefficient (Wildman–Crippen LogP) is 0.430. The van der Waals surface area contributed by atoms with Crippen molar-refractivity contribution in [1.29, 1.82) is 0 Å². The molecule has 0 radical (unpaired) electrons. The maximum Gasteiger partial charge on any atom is 0.361 e. The number of nitrogens with one attached hydrogen (secondary N) is 1. The van der Waals surface area contributed by atoms with Crippen LogP contribution in [-0.4, -0.2) is 46.0 Å². The highest BCUT2D eigenvalue weighted by atomic mass is 16.5. The van der Waals surface area contributed by atoms with Crippen LogP contribution in [-0.2, 0) is 15.1 Å². The number of aromatic hydroxyl groups is 1. The summed E-state index contributed by atoms with van der Waals surface area (Å²) in [7, 11) is 0. The van der Waals surface area contributed by atoms with Crippen molar-refractivity contribution in [2.75, 3.05) is 19.8 Å². The second-order valence-corrected chi connectivity index (χ2v) is 5.11. The molecule has 0 saturated heterocycles. The summed E-state index contributed by atoms with van der Waals surface area (Å²) in [4.78, 5) is 30.3. The van der Waals surface area contributed by atoms with Crippen molar-refractivity contribution in [2.24, 2.45) is 0 Å². The van der Waals surface area contributed by atoms with E-state index in [-0.39, 0.29) is 25.6 Å². The maximum atomic E-state index is 11.9. The van der Waals surface area contributed by atoms with Gasteiger partial charge in [-0.15, -0.1) is 0 Å². The molecule has 122 valence electrons. The number of hydrogen-bond acceptors (Lipinski definition) is 7. The van der Waals surface area contributed by atoms with Gasteiger partial charge in [0.2, 0.25) is 5.75 Å². The van der Waals surface area contributed by atoms with Gasteiger partial charge in [0.15, 0.2) is 5.69 Å². The highest BCUT2D eigenvalue weighted by Gasteiger charge is 2.40. The summed E-state index contributed by atoms with van der Waals surface area (Å²) in [6, 6.07) is 0. The molecule has 1 heterocycles. The standard InChI is InChI=1S/C14H20N2O6/c1-2-21-12(20)9-10(18)11(19)16-13(15-9)14(22-8-7-17)5-3-4-6-14/h17-18H,2-8H2,1H3,(H,15,16,19). The minimum atomic E-state index is -0.859. The normalized spacial score (nSPS) is 16.6. The Morgan fingerprint density at radius 2 is 2.09 bits per heavy atom. The Balaban J connectivity index is 2.45. The first-order chi connectivity index (χ1) is 10.5. The molecule has 2 rings (SSSR count).